The van der Waals surface area contributed by atoms with Gasteiger partial charge in [0.15, 0.2) is 0 Å². The van der Waals surface area contributed by atoms with E-state index in [1.165, 1.54) is 0 Å². The maximum Gasteiger partial charge on any atom is 0.0872 e. The minimum Gasteiger partial charge on any atom is -0.382 e. The number of benzene rings is 1. The molecule has 4 heteroatoms. The summed E-state index contributed by atoms with van der Waals surface area (Å²) < 4.78 is 5.61. The topological polar surface area (TPSA) is 33.3 Å². The van der Waals surface area contributed by atoms with Crippen LogP contribution in [0, 0.1) is 6.92 Å². The summed E-state index contributed by atoms with van der Waals surface area (Å²) in [6.45, 7) is 5.55. The number of hydrogen-bond donors (Lipinski definition) is 2. The van der Waals surface area contributed by atoms with Crippen LogP contribution in [0.25, 0.3) is 0 Å². The fourth-order valence-corrected chi connectivity index (χ4v) is 2.03. The van der Waals surface area contributed by atoms with Crippen molar-refractivity contribution in [2.45, 2.75) is 13.0 Å². The molecule has 1 saturated heterocycles. The first-order valence-corrected chi connectivity index (χ1v) is 5.96. The normalized spacial score (nSPS) is 20.8. The number of morpholine rings is 1. The van der Waals surface area contributed by atoms with Crippen molar-refractivity contribution in [1.82, 2.24) is 5.32 Å². The third-order valence-electron chi connectivity index (χ3n) is 2.71. The summed E-state index contributed by atoms with van der Waals surface area (Å²) in [7, 11) is 0. The van der Waals surface area contributed by atoms with E-state index < -0.39 is 0 Å². The van der Waals surface area contributed by atoms with Crippen molar-refractivity contribution in [3.8, 4) is 0 Å². The lowest BCUT2D eigenvalue weighted by molar-refractivity contribution is 0.0372. The van der Waals surface area contributed by atoms with Gasteiger partial charge in [-0.25, -0.2) is 0 Å². The van der Waals surface area contributed by atoms with Gasteiger partial charge in [0.25, 0.3) is 0 Å². The molecule has 0 radical (unpaired) electrons. The van der Waals surface area contributed by atoms with E-state index in [0.717, 1.165) is 42.5 Å². The Kier molecular flexibility index (Phi) is 4.04. The molecule has 0 aliphatic carbocycles. The zero-order chi connectivity index (χ0) is 11.4. The van der Waals surface area contributed by atoms with Crippen molar-refractivity contribution in [3.63, 3.8) is 0 Å². The van der Waals surface area contributed by atoms with Gasteiger partial charge in [0.2, 0.25) is 0 Å². The van der Waals surface area contributed by atoms with E-state index >= 15 is 0 Å². The average Bonchev–Trinajstić information content (AvgIpc) is 2.29. The van der Waals surface area contributed by atoms with Crippen LogP contribution in [0.2, 0.25) is 5.02 Å². The summed E-state index contributed by atoms with van der Waals surface area (Å²) in [5, 5.41) is 7.47. The monoisotopic (exact) mass is 240 g/mol. The molecule has 1 aliphatic rings. The van der Waals surface area contributed by atoms with E-state index in [9.17, 15) is 0 Å². The molecule has 16 heavy (non-hydrogen) atoms. The van der Waals surface area contributed by atoms with E-state index in [0.29, 0.717) is 0 Å². The molecule has 3 nitrogen and oxygen atoms in total. The van der Waals surface area contributed by atoms with Gasteiger partial charge >= 0.3 is 0 Å². The molecule has 1 aromatic rings. The summed E-state index contributed by atoms with van der Waals surface area (Å²) in [6, 6.07) is 5.87. The second-order valence-corrected chi connectivity index (χ2v) is 4.47. The fraction of sp³-hybridized carbons (Fsp3) is 0.500. The van der Waals surface area contributed by atoms with Gasteiger partial charge in [0.05, 0.1) is 12.7 Å². The Bertz CT molecular complexity index is 351. The first kappa shape index (κ1) is 11.7. The quantitative estimate of drug-likeness (QED) is 0.849. The van der Waals surface area contributed by atoms with Crippen LogP contribution in [0.3, 0.4) is 0 Å². The van der Waals surface area contributed by atoms with Crippen molar-refractivity contribution >= 4 is 17.3 Å². The Morgan fingerprint density at radius 2 is 2.44 bits per heavy atom. The lowest BCUT2D eigenvalue weighted by Gasteiger charge is -2.24. The van der Waals surface area contributed by atoms with E-state index in [1.54, 1.807) is 0 Å². The molecule has 1 aromatic carbocycles. The van der Waals surface area contributed by atoms with Crippen LogP contribution < -0.4 is 10.6 Å². The number of nitrogens with one attached hydrogen (secondary N) is 2. The third-order valence-corrected chi connectivity index (χ3v) is 2.95. The molecule has 88 valence electrons. The maximum atomic E-state index is 5.90. The average molecular weight is 241 g/mol. The highest BCUT2D eigenvalue weighted by Gasteiger charge is 2.12. The lowest BCUT2D eigenvalue weighted by atomic mass is 10.2. The van der Waals surface area contributed by atoms with Crippen LogP contribution >= 0.6 is 11.6 Å². The Morgan fingerprint density at radius 1 is 1.56 bits per heavy atom. The predicted molar refractivity (Wildman–Crippen MR) is 67.3 cm³/mol. The van der Waals surface area contributed by atoms with Gasteiger partial charge in [0.1, 0.15) is 0 Å². The van der Waals surface area contributed by atoms with Crippen molar-refractivity contribution in [1.29, 1.82) is 0 Å². The summed E-state index contributed by atoms with van der Waals surface area (Å²) in [5.74, 6) is 0. The van der Waals surface area contributed by atoms with E-state index in [-0.39, 0.29) is 6.10 Å². The van der Waals surface area contributed by atoms with Crippen molar-refractivity contribution in [2.24, 2.45) is 0 Å². The molecule has 0 amide bonds. The summed E-state index contributed by atoms with van der Waals surface area (Å²) in [4.78, 5) is 0. The largest absolute Gasteiger partial charge is 0.382 e. The number of rotatable bonds is 3. The Morgan fingerprint density at radius 3 is 3.12 bits per heavy atom. The molecular weight excluding hydrogens is 224 g/mol. The fourth-order valence-electron chi connectivity index (χ4n) is 1.80. The molecule has 0 spiro atoms. The molecule has 1 fully saturated rings. The molecule has 1 heterocycles. The zero-order valence-electron chi connectivity index (χ0n) is 9.42. The van der Waals surface area contributed by atoms with Crippen LogP contribution in [0.4, 0.5) is 5.69 Å². The van der Waals surface area contributed by atoms with Gasteiger partial charge in [-0.15, -0.1) is 0 Å². The van der Waals surface area contributed by atoms with Crippen molar-refractivity contribution < 1.29 is 4.74 Å². The standard InChI is InChI=1S/C12H17ClN2O/c1-9-6-10(13)2-3-12(9)15-8-11-7-14-4-5-16-11/h2-3,6,11,14-15H,4-5,7-8H2,1H3. The molecule has 0 saturated carbocycles. The molecule has 1 aliphatic heterocycles. The first-order valence-electron chi connectivity index (χ1n) is 5.58. The van der Waals surface area contributed by atoms with Gasteiger partial charge in [-0.05, 0) is 30.7 Å². The molecule has 0 aromatic heterocycles. The first-order chi connectivity index (χ1) is 7.75. The van der Waals surface area contributed by atoms with Crippen LogP contribution in [0.15, 0.2) is 18.2 Å². The molecule has 1 unspecified atom stereocenters. The Hall–Kier alpha value is -0.770. The van der Waals surface area contributed by atoms with E-state index in [4.69, 9.17) is 16.3 Å². The van der Waals surface area contributed by atoms with Gasteiger partial charge in [0, 0.05) is 30.3 Å². The molecule has 2 N–H and O–H groups in total. The molecule has 1 atom stereocenters. The SMILES string of the molecule is Cc1cc(Cl)ccc1NCC1CNCCO1. The summed E-state index contributed by atoms with van der Waals surface area (Å²) in [5.41, 5.74) is 2.29. The molecule has 2 rings (SSSR count). The number of anilines is 1. The highest BCUT2D eigenvalue weighted by molar-refractivity contribution is 6.30. The Balaban J connectivity index is 1.88. The number of halogens is 1. The van der Waals surface area contributed by atoms with Crippen LogP contribution in [0.5, 0.6) is 0 Å². The summed E-state index contributed by atoms with van der Waals surface area (Å²) >= 11 is 5.90. The predicted octanol–water partition coefficient (Wildman–Crippen LogP) is 2.05. The molecule has 0 bridgehead atoms. The van der Waals surface area contributed by atoms with Crippen LogP contribution in [-0.4, -0.2) is 32.3 Å². The second kappa shape index (κ2) is 5.53. The minimum atomic E-state index is 0.254. The van der Waals surface area contributed by atoms with Gasteiger partial charge < -0.3 is 15.4 Å². The van der Waals surface area contributed by atoms with Gasteiger partial charge in [-0.3, -0.25) is 0 Å². The van der Waals surface area contributed by atoms with Crippen LogP contribution in [0.1, 0.15) is 5.56 Å². The highest BCUT2D eigenvalue weighted by atomic mass is 35.5. The number of ether oxygens (including phenoxy) is 1. The third kappa shape index (κ3) is 3.11. The lowest BCUT2D eigenvalue weighted by Crippen LogP contribution is -2.42. The van der Waals surface area contributed by atoms with Crippen LogP contribution in [-0.2, 0) is 4.74 Å². The maximum absolute atomic E-state index is 5.90. The van der Waals surface area contributed by atoms with Gasteiger partial charge in [-0.1, -0.05) is 11.6 Å². The minimum absolute atomic E-state index is 0.254. The van der Waals surface area contributed by atoms with E-state index in [2.05, 4.69) is 10.6 Å². The smallest absolute Gasteiger partial charge is 0.0872 e. The second-order valence-electron chi connectivity index (χ2n) is 4.04. The zero-order valence-corrected chi connectivity index (χ0v) is 10.2. The Labute approximate surface area is 101 Å². The van der Waals surface area contributed by atoms with Crippen molar-refractivity contribution in [3.05, 3.63) is 28.8 Å². The molecular formula is C12H17ClN2O. The van der Waals surface area contributed by atoms with E-state index in [1.807, 2.05) is 25.1 Å². The highest BCUT2D eigenvalue weighted by Crippen LogP contribution is 2.19. The van der Waals surface area contributed by atoms with Crippen molar-refractivity contribution in [2.75, 3.05) is 31.6 Å². The summed E-state index contributed by atoms with van der Waals surface area (Å²) in [6.07, 6.45) is 0.254. The number of aryl methyl sites for hydroxylation is 1. The van der Waals surface area contributed by atoms with Gasteiger partial charge in [-0.2, -0.15) is 0 Å². The number of hydrogen-bond acceptors (Lipinski definition) is 3.